The molecule has 2 nitrogen and oxygen atoms in total. The van der Waals surface area contributed by atoms with Crippen LogP contribution in [0.5, 0.6) is 0 Å². The van der Waals surface area contributed by atoms with E-state index in [0.29, 0.717) is 11.6 Å². The van der Waals surface area contributed by atoms with E-state index in [2.05, 4.69) is 5.32 Å². The Morgan fingerprint density at radius 1 is 1.20 bits per heavy atom. The van der Waals surface area contributed by atoms with Gasteiger partial charge in [0.2, 0.25) is 5.91 Å². The Morgan fingerprint density at radius 2 is 1.95 bits per heavy atom. The molecule has 20 heavy (non-hydrogen) atoms. The number of amides is 1. The fourth-order valence-corrected chi connectivity index (χ4v) is 1.93. The molecule has 2 aromatic rings. The van der Waals surface area contributed by atoms with E-state index in [-0.39, 0.29) is 5.91 Å². The topological polar surface area (TPSA) is 29.1 Å². The first-order valence-electron chi connectivity index (χ1n) is 6.40. The van der Waals surface area contributed by atoms with Crippen LogP contribution in [-0.2, 0) is 11.3 Å². The Morgan fingerprint density at radius 3 is 2.65 bits per heavy atom. The van der Waals surface area contributed by atoms with Crippen LogP contribution in [0.15, 0.2) is 54.6 Å². The average Bonchev–Trinajstić information content (AvgIpc) is 2.45. The number of rotatable bonds is 4. The maximum absolute atomic E-state index is 11.7. The van der Waals surface area contributed by atoms with E-state index in [1.54, 1.807) is 12.1 Å². The molecular weight excluding hydrogens is 270 g/mol. The normalized spacial score (nSPS) is 10.7. The van der Waals surface area contributed by atoms with E-state index in [9.17, 15) is 4.79 Å². The molecule has 102 valence electrons. The third-order valence-electron chi connectivity index (χ3n) is 2.86. The molecule has 1 N–H and O–H groups in total. The zero-order chi connectivity index (χ0) is 14.4. The summed E-state index contributed by atoms with van der Waals surface area (Å²) in [6, 6.07) is 15.4. The number of carbonyl (C=O) groups excluding carboxylic acids is 1. The summed E-state index contributed by atoms with van der Waals surface area (Å²) in [5.74, 6) is -0.120. The van der Waals surface area contributed by atoms with Gasteiger partial charge in [0.05, 0.1) is 0 Å². The molecule has 0 aromatic heterocycles. The van der Waals surface area contributed by atoms with E-state index in [1.807, 2.05) is 49.4 Å². The molecule has 1 amide bonds. The van der Waals surface area contributed by atoms with Crippen LogP contribution < -0.4 is 5.32 Å². The van der Waals surface area contributed by atoms with Gasteiger partial charge >= 0.3 is 0 Å². The molecule has 0 saturated carbocycles. The van der Waals surface area contributed by atoms with Crippen molar-refractivity contribution in [3.63, 3.8) is 0 Å². The smallest absolute Gasteiger partial charge is 0.244 e. The molecule has 0 aliphatic carbocycles. The van der Waals surface area contributed by atoms with Gasteiger partial charge in [0, 0.05) is 17.6 Å². The Labute approximate surface area is 124 Å². The van der Waals surface area contributed by atoms with E-state index in [1.165, 1.54) is 11.6 Å². The molecule has 0 radical (unpaired) electrons. The van der Waals surface area contributed by atoms with Crippen LogP contribution in [0.25, 0.3) is 6.08 Å². The Bertz CT molecular complexity index is 617. The molecule has 0 unspecified atom stereocenters. The highest BCUT2D eigenvalue weighted by molar-refractivity contribution is 6.30. The molecule has 0 aliphatic heterocycles. The monoisotopic (exact) mass is 285 g/mol. The lowest BCUT2D eigenvalue weighted by Gasteiger charge is -2.03. The molecule has 0 atom stereocenters. The number of hydrogen-bond acceptors (Lipinski definition) is 1. The molecule has 3 heteroatoms. The fraction of sp³-hybridized carbons (Fsp3) is 0.118. The maximum Gasteiger partial charge on any atom is 0.244 e. The van der Waals surface area contributed by atoms with Gasteiger partial charge in [0.25, 0.3) is 0 Å². The number of nitrogens with one attached hydrogen (secondary N) is 1. The Kier molecular flexibility index (Phi) is 4.97. The van der Waals surface area contributed by atoms with Crippen LogP contribution in [0.2, 0.25) is 5.02 Å². The Hall–Kier alpha value is -2.06. The zero-order valence-electron chi connectivity index (χ0n) is 11.3. The molecule has 0 fully saturated rings. The van der Waals surface area contributed by atoms with Crippen LogP contribution >= 0.6 is 11.6 Å². The van der Waals surface area contributed by atoms with E-state index < -0.39 is 0 Å². The van der Waals surface area contributed by atoms with Crippen molar-refractivity contribution >= 4 is 23.6 Å². The third kappa shape index (κ3) is 4.56. The first-order valence-corrected chi connectivity index (χ1v) is 6.78. The summed E-state index contributed by atoms with van der Waals surface area (Å²) in [6.45, 7) is 2.56. The van der Waals surface area contributed by atoms with E-state index in [4.69, 9.17) is 11.6 Å². The summed E-state index contributed by atoms with van der Waals surface area (Å²) in [6.07, 6.45) is 3.26. The van der Waals surface area contributed by atoms with Crippen molar-refractivity contribution in [2.45, 2.75) is 13.5 Å². The van der Waals surface area contributed by atoms with Gasteiger partial charge in [-0.15, -0.1) is 0 Å². The number of hydrogen-bond donors (Lipinski definition) is 1. The van der Waals surface area contributed by atoms with Crippen LogP contribution in [-0.4, -0.2) is 5.91 Å². The molecule has 0 saturated heterocycles. The van der Waals surface area contributed by atoms with Crippen LogP contribution in [0.3, 0.4) is 0 Å². The molecule has 0 aliphatic rings. The second-order valence-corrected chi connectivity index (χ2v) is 5.03. The zero-order valence-corrected chi connectivity index (χ0v) is 12.0. The fourth-order valence-electron chi connectivity index (χ4n) is 1.74. The highest BCUT2D eigenvalue weighted by Gasteiger charge is 1.97. The first kappa shape index (κ1) is 14.4. The van der Waals surface area contributed by atoms with Crippen molar-refractivity contribution in [2.24, 2.45) is 0 Å². The summed E-state index contributed by atoms with van der Waals surface area (Å²) in [7, 11) is 0. The van der Waals surface area contributed by atoms with Gasteiger partial charge in [-0.2, -0.15) is 0 Å². The summed E-state index contributed by atoms with van der Waals surface area (Å²) >= 11 is 5.88. The van der Waals surface area contributed by atoms with Gasteiger partial charge in [-0.25, -0.2) is 0 Å². The van der Waals surface area contributed by atoms with Crippen molar-refractivity contribution in [3.8, 4) is 0 Å². The van der Waals surface area contributed by atoms with Crippen molar-refractivity contribution in [1.29, 1.82) is 0 Å². The van der Waals surface area contributed by atoms with Crippen molar-refractivity contribution in [2.75, 3.05) is 0 Å². The highest BCUT2D eigenvalue weighted by atomic mass is 35.5. The summed E-state index contributed by atoms with van der Waals surface area (Å²) in [5.41, 5.74) is 3.20. The average molecular weight is 286 g/mol. The number of halogens is 1. The SMILES string of the molecule is Cc1ccc(CNC(=O)/C=C/c2cccc(Cl)c2)cc1. The summed E-state index contributed by atoms with van der Waals surface area (Å²) in [5, 5.41) is 3.50. The Balaban J connectivity index is 1.88. The van der Waals surface area contributed by atoms with Crippen LogP contribution in [0.4, 0.5) is 0 Å². The molecular formula is C17H16ClNO. The number of aryl methyl sites for hydroxylation is 1. The minimum atomic E-state index is -0.120. The van der Waals surface area contributed by atoms with Crippen molar-refractivity contribution < 1.29 is 4.79 Å². The van der Waals surface area contributed by atoms with Crippen LogP contribution in [0.1, 0.15) is 16.7 Å². The van der Waals surface area contributed by atoms with Gasteiger partial charge in [-0.3, -0.25) is 4.79 Å². The van der Waals surface area contributed by atoms with Gasteiger partial charge in [0.1, 0.15) is 0 Å². The lowest BCUT2D eigenvalue weighted by atomic mass is 10.1. The third-order valence-corrected chi connectivity index (χ3v) is 3.10. The summed E-state index contributed by atoms with van der Waals surface area (Å²) < 4.78 is 0. The van der Waals surface area contributed by atoms with Crippen molar-refractivity contribution in [1.82, 2.24) is 5.32 Å². The van der Waals surface area contributed by atoms with E-state index >= 15 is 0 Å². The van der Waals surface area contributed by atoms with Crippen LogP contribution in [0, 0.1) is 6.92 Å². The quantitative estimate of drug-likeness (QED) is 0.846. The van der Waals surface area contributed by atoms with Crippen molar-refractivity contribution in [3.05, 3.63) is 76.3 Å². The molecule has 2 aromatic carbocycles. The predicted molar refractivity (Wildman–Crippen MR) is 83.5 cm³/mol. The highest BCUT2D eigenvalue weighted by Crippen LogP contribution is 2.11. The second kappa shape index (κ2) is 6.92. The van der Waals surface area contributed by atoms with E-state index in [0.717, 1.165) is 11.1 Å². The van der Waals surface area contributed by atoms with Gasteiger partial charge in [-0.1, -0.05) is 53.6 Å². The number of carbonyl (C=O) groups is 1. The predicted octanol–water partition coefficient (Wildman–Crippen LogP) is 3.98. The molecule has 0 heterocycles. The molecule has 0 spiro atoms. The van der Waals surface area contributed by atoms with Gasteiger partial charge < -0.3 is 5.32 Å². The standard InChI is InChI=1S/C17H16ClNO/c1-13-5-7-15(8-6-13)12-19-17(20)10-9-14-3-2-4-16(18)11-14/h2-11H,12H2,1H3,(H,19,20)/b10-9+. The lowest BCUT2D eigenvalue weighted by Crippen LogP contribution is -2.20. The lowest BCUT2D eigenvalue weighted by molar-refractivity contribution is -0.116. The van der Waals surface area contributed by atoms with Gasteiger partial charge in [-0.05, 0) is 36.3 Å². The largest absolute Gasteiger partial charge is 0.348 e. The molecule has 2 rings (SSSR count). The first-order chi connectivity index (χ1) is 9.63. The second-order valence-electron chi connectivity index (χ2n) is 4.59. The van der Waals surface area contributed by atoms with Gasteiger partial charge in [0.15, 0.2) is 0 Å². The molecule has 0 bridgehead atoms. The number of benzene rings is 2. The summed E-state index contributed by atoms with van der Waals surface area (Å²) in [4.78, 5) is 11.7. The minimum absolute atomic E-state index is 0.120. The minimum Gasteiger partial charge on any atom is -0.348 e. The maximum atomic E-state index is 11.7.